The molecule has 0 aromatic rings. The van der Waals surface area contributed by atoms with E-state index in [9.17, 15) is 14.7 Å². The number of rotatable bonds is 7. The molecule has 1 rings (SSSR count). The Bertz CT molecular complexity index is 318. The summed E-state index contributed by atoms with van der Waals surface area (Å²) in [6.07, 6.45) is 7.06. The molecule has 18 heavy (non-hydrogen) atoms. The van der Waals surface area contributed by atoms with Gasteiger partial charge in [-0.25, -0.2) is 0 Å². The van der Waals surface area contributed by atoms with E-state index in [-0.39, 0.29) is 5.92 Å². The maximum absolute atomic E-state index is 12.0. The molecule has 0 aliphatic heterocycles. The number of carbonyl (C=O) groups is 2. The molecule has 4 heteroatoms. The highest BCUT2D eigenvalue weighted by Crippen LogP contribution is 2.44. The van der Waals surface area contributed by atoms with Crippen molar-refractivity contribution in [1.29, 1.82) is 0 Å². The van der Waals surface area contributed by atoms with E-state index in [4.69, 9.17) is 4.74 Å². The highest BCUT2D eigenvalue weighted by atomic mass is 16.5. The number of carboxylic acid groups (broad SMARTS) is 1. The molecule has 0 saturated heterocycles. The molecule has 1 N–H and O–H groups in total. The standard InChI is InChI=1S/C14H22O4/c1-3-4-7-10-14(12(15)16,13(17)18-2)11-8-5-6-9-11/h3,11H,1,4-10H2,2H3,(H,15,16). The van der Waals surface area contributed by atoms with E-state index in [1.165, 1.54) is 7.11 Å². The number of aliphatic carboxylic acids is 1. The Labute approximate surface area is 108 Å². The zero-order valence-corrected chi connectivity index (χ0v) is 11.0. The van der Waals surface area contributed by atoms with Gasteiger partial charge in [0, 0.05) is 0 Å². The molecule has 0 radical (unpaired) electrons. The van der Waals surface area contributed by atoms with Gasteiger partial charge in [-0.05, 0) is 38.0 Å². The minimum atomic E-state index is -1.35. The zero-order chi connectivity index (χ0) is 13.6. The van der Waals surface area contributed by atoms with Crippen molar-refractivity contribution in [3.63, 3.8) is 0 Å². The zero-order valence-electron chi connectivity index (χ0n) is 11.0. The summed E-state index contributed by atoms with van der Waals surface area (Å²) in [6, 6.07) is 0. The summed E-state index contributed by atoms with van der Waals surface area (Å²) >= 11 is 0. The van der Waals surface area contributed by atoms with Gasteiger partial charge in [0.05, 0.1) is 7.11 Å². The topological polar surface area (TPSA) is 63.6 Å². The third-order valence-corrected chi connectivity index (χ3v) is 3.96. The first-order valence-corrected chi connectivity index (χ1v) is 6.52. The lowest BCUT2D eigenvalue weighted by molar-refractivity contribution is -0.172. The van der Waals surface area contributed by atoms with E-state index in [1.807, 2.05) is 0 Å². The first-order valence-electron chi connectivity index (χ1n) is 6.52. The normalized spacial score (nSPS) is 19.2. The average Bonchev–Trinajstić information content (AvgIpc) is 2.87. The van der Waals surface area contributed by atoms with Crippen LogP contribution >= 0.6 is 0 Å². The number of hydrogen-bond donors (Lipinski definition) is 1. The van der Waals surface area contributed by atoms with Crippen molar-refractivity contribution in [2.24, 2.45) is 11.3 Å². The summed E-state index contributed by atoms with van der Waals surface area (Å²) in [5.41, 5.74) is -1.35. The molecular formula is C14H22O4. The first kappa shape index (κ1) is 14.7. The number of unbranched alkanes of at least 4 members (excludes halogenated alkanes) is 1. The Hall–Kier alpha value is -1.32. The Kier molecular flexibility index (Phi) is 5.38. The molecule has 0 aromatic heterocycles. The number of carboxylic acids is 1. The van der Waals surface area contributed by atoms with Crippen LogP contribution in [0.4, 0.5) is 0 Å². The SMILES string of the molecule is C=CCCCC(C(=O)O)(C(=O)OC)C1CCCC1. The van der Waals surface area contributed by atoms with E-state index >= 15 is 0 Å². The van der Waals surface area contributed by atoms with E-state index in [2.05, 4.69) is 6.58 Å². The average molecular weight is 254 g/mol. The summed E-state index contributed by atoms with van der Waals surface area (Å²) in [4.78, 5) is 23.7. The van der Waals surface area contributed by atoms with Crippen LogP contribution in [0.3, 0.4) is 0 Å². The fraction of sp³-hybridized carbons (Fsp3) is 0.714. The van der Waals surface area contributed by atoms with Crippen LogP contribution in [0.1, 0.15) is 44.9 Å². The van der Waals surface area contributed by atoms with Crippen LogP contribution in [0.2, 0.25) is 0 Å². The fourth-order valence-electron chi connectivity index (χ4n) is 2.97. The van der Waals surface area contributed by atoms with Crippen LogP contribution in [-0.2, 0) is 14.3 Å². The third kappa shape index (κ3) is 2.74. The van der Waals surface area contributed by atoms with Crippen molar-refractivity contribution >= 4 is 11.9 Å². The van der Waals surface area contributed by atoms with Crippen molar-refractivity contribution in [2.45, 2.75) is 44.9 Å². The lowest BCUT2D eigenvalue weighted by Crippen LogP contribution is -2.45. The third-order valence-electron chi connectivity index (χ3n) is 3.96. The number of methoxy groups -OCH3 is 1. The van der Waals surface area contributed by atoms with Crippen LogP contribution in [-0.4, -0.2) is 24.2 Å². The molecule has 0 amide bonds. The molecule has 0 heterocycles. The minimum Gasteiger partial charge on any atom is -0.480 e. The lowest BCUT2D eigenvalue weighted by atomic mass is 9.70. The van der Waals surface area contributed by atoms with Gasteiger partial charge in [0.25, 0.3) is 0 Å². The summed E-state index contributed by atoms with van der Waals surface area (Å²) in [7, 11) is 1.27. The van der Waals surface area contributed by atoms with Gasteiger partial charge in [-0.2, -0.15) is 0 Å². The monoisotopic (exact) mass is 254 g/mol. The van der Waals surface area contributed by atoms with Gasteiger partial charge >= 0.3 is 11.9 Å². The summed E-state index contributed by atoms with van der Waals surface area (Å²) < 4.78 is 4.77. The van der Waals surface area contributed by atoms with E-state index < -0.39 is 17.4 Å². The van der Waals surface area contributed by atoms with Gasteiger partial charge in [-0.1, -0.05) is 18.9 Å². The van der Waals surface area contributed by atoms with E-state index in [0.29, 0.717) is 12.8 Å². The molecule has 0 bridgehead atoms. The molecule has 4 nitrogen and oxygen atoms in total. The van der Waals surface area contributed by atoms with E-state index in [0.717, 1.165) is 32.1 Å². The van der Waals surface area contributed by atoms with Crippen molar-refractivity contribution in [3.8, 4) is 0 Å². The highest BCUT2D eigenvalue weighted by Gasteiger charge is 2.53. The summed E-state index contributed by atoms with van der Waals surface area (Å²) in [6.45, 7) is 3.62. The minimum absolute atomic E-state index is 0.0905. The van der Waals surface area contributed by atoms with Crippen molar-refractivity contribution in [3.05, 3.63) is 12.7 Å². The van der Waals surface area contributed by atoms with Crippen LogP contribution < -0.4 is 0 Å². The van der Waals surface area contributed by atoms with Crippen molar-refractivity contribution < 1.29 is 19.4 Å². The molecule has 1 aliphatic rings. The number of esters is 1. The number of allylic oxidation sites excluding steroid dienone is 1. The quantitative estimate of drug-likeness (QED) is 0.328. The van der Waals surface area contributed by atoms with Gasteiger partial charge in [0.2, 0.25) is 0 Å². The molecule has 1 atom stereocenters. The molecule has 1 fully saturated rings. The predicted molar refractivity (Wildman–Crippen MR) is 68.1 cm³/mol. The Morgan fingerprint density at radius 1 is 1.44 bits per heavy atom. The predicted octanol–water partition coefficient (Wildman–Crippen LogP) is 2.78. The second-order valence-corrected chi connectivity index (χ2v) is 4.93. The molecule has 1 unspecified atom stereocenters. The largest absolute Gasteiger partial charge is 0.480 e. The van der Waals surface area contributed by atoms with Crippen LogP contribution in [0.15, 0.2) is 12.7 Å². The van der Waals surface area contributed by atoms with Crippen LogP contribution in [0.5, 0.6) is 0 Å². The molecule has 0 spiro atoms. The lowest BCUT2D eigenvalue weighted by Gasteiger charge is -2.32. The summed E-state index contributed by atoms with van der Waals surface area (Å²) in [5, 5.41) is 9.56. The van der Waals surface area contributed by atoms with Gasteiger partial charge < -0.3 is 9.84 Å². The van der Waals surface area contributed by atoms with Crippen LogP contribution in [0, 0.1) is 11.3 Å². The van der Waals surface area contributed by atoms with Gasteiger partial charge in [-0.3, -0.25) is 9.59 Å². The molecule has 1 saturated carbocycles. The summed E-state index contributed by atoms with van der Waals surface area (Å²) in [5.74, 6) is -1.72. The smallest absolute Gasteiger partial charge is 0.323 e. The Morgan fingerprint density at radius 2 is 2.06 bits per heavy atom. The van der Waals surface area contributed by atoms with Crippen LogP contribution in [0.25, 0.3) is 0 Å². The maximum atomic E-state index is 12.0. The highest BCUT2D eigenvalue weighted by molar-refractivity contribution is 5.99. The van der Waals surface area contributed by atoms with Crippen molar-refractivity contribution in [1.82, 2.24) is 0 Å². The van der Waals surface area contributed by atoms with Gasteiger partial charge in [0.15, 0.2) is 5.41 Å². The molecule has 0 aromatic carbocycles. The number of ether oxygens (including phenoxy) is 1. The second-order valence-electron chi connectivity index (χ2n) is 4.93. The van der Waals surface area contributed by atoms with E-state index in [1.54, 1.807) is 6.08 Å². The fourth-order valence-corrected chi connectivity index (χ4v) is 2.97. The molecule has 1 aliphatic carbocycles. The second kappa shape index (κ2) is 6.57. The van der Waals surface area contributed by atoms with Crippen molar-refractivity contribution in [2.75, 3.05) is 7.11 Å². The first-order chi connectivity index (χ1) is 8.59. The number of hydrogen-bond acceptors (Lipinski definition) is 3. The molecule has 102 valence electrons. The maximum Gasteiger partial charge on any atom is 0.323 e. The van der Waals surface area contributed by atoms with Gasteiger partial charge in [0.1, 0.15) is 0 Å². The number of carbonyl (C=O) groups excluding carboxylic acids is 1. The molecular weight excluding hydrogens is 232 g/mol. The Balaban J connectivity index is 2.96. The van der Waals surface area contributed by atoms with Gasteiger partial charge in [-0.15, -0.1) is 6.58 Å². The Morgan fingerprint density at radius 3 is 2.50 bits per heavy atom.